The van der Waals surface area contributed by atoms with E-state index < -0.39 is 0 Å². The lowest BCUT2D eigenvalue weighted by Gasteiger charge is -2.30. The minimum absolute atomic E-state index is 0.207. The molecule has 2 N–H and O–H groups in total. The van der Waals surface area contributed by atoms with Crippen molar-refractivity contribution in [1.82, 2.24) is 20.5 Å². The first-order valence-corrected chi connectivity index (χ1v) is 6.85. The maximum Gasteiger partial charge on any atom is 0.244 e. The topological polar surface area (TPSA) is 56.8 Å². The van der Waals surface area contributed by atoms with Crippen LogP contribution in [0, 0.1) is 5.82 Å². The second-order valence-electron chi connectivity index (χ2n) is 5.15. The van der Waals surface area contributed by atoms with E-state index in [1.54, 1.807) is 12.1 Å². The molecule has 0 radical (unpaired) electrons. The minimum Gasteiger partial charge on any atom is -0.337 e. The van der Waals surface area contributed by atoms with E-state index >= 15 is 0 Å². The van der Waals surface area contributed by atoms with E-state index in [0.717, 1.165) is 19.6 Å². The highest BCUT2D eigenvalue weighted by Gasteiger charge is 2.19. The number of hydrogen-bond acceptors (Lipinski definition) is 4. The quantitative estimate of drug-likeness (QED) is 0.887. The van der Waals surface area contributed by atoms with Gasteiger partial charge in [-0.2, -0.15) is 4.98 Å². The monoisotopic (exact) mass is 275 g/mol. The fourth-order valence-corrected chi connectivity index (χ4v) is 2.44. The molecule has 1 aromatic carbocycles. The zero-order valence-electron chi connectivity index (χ0n) is 11.4. The lowest BCUT2D eigenvalue weighted by atomic mass is 10.1. The van der Waals surface area contributed by atoms with Gasteiger partial charge >= 0.3 is 0 Å². The summed E-state index contributed by atoms with van der Waals surface area (Å²) in [6, 6.07) is 7.17. The van der Waals surface area contributed by atoms with Gasteiger partial charge in [0.05, 0.1) is 0 Å². The van der Waals surface area contributed by atoms with Gasteiger partial charge in [-0.1, -0.05) is 18.2 Å². The van der Waals surface area contributed by atoms with Gasteiger partial charge in [0.15, 0.2) is 0 Å². The number of aromatic nitrogens is 3. The highest BCUT2D eigenvalue weighted by molar-refractivity contribution is 5.31. The zero-order valence-corrected chi connectivity index (χ0v) is 11.4. The van der Waals surface area contributed by atoms with Crippen LogP contribution in [0.15, 0.2) is 24.3 Å². The van der Waals surface area contributed by atoms with E-state index in [2.05, 4.69) is 32.3 Å². The van der Waals surface area contributed by atoms with Crippen molar-refractivity contribution in [1.29, 1.82) is 0 Å². The summed E-state index contributed by atoms with van der Waals surface area (Å²) in [6.07, 6.45) is 0.432. The predicted octanol–water partition coefficient (Wildman–Crippen LogP) is 1.33. The summed E-state index contributed by atoms with van der Waals surface area (Å²) in [4.78, 5) is 6.61. The molecule has 0 aliphatic carbocycles. The van der Waals surface area contributed by atoms with Crippen molar-refractivity contribution in [3.8, 4) is 0 Å². The Balaban J connectivity index is 1.72. The molecule has 1 atom stereocenters. The molecule has 1 fully saturated rings. The Labute approximate surface area is 117 Å². The van der Waals surface area contributed by atoms with Crippen molar-refractivity contribution in [2.75, 3.05) is 24.5 Å². The molecular formula is C14H18FN5. The molecule has 1 aromatic heterocycles. The van der Waals surface area contributed by atoms with Gasteiger partial charge in [0.1, 0.15) is 11.6 Å². The number of nitrogens with one attached hydrogen (secondary N) is 2. The van der Waals surface area contributed by atoms with Gasteiger partial charge in [-0.05, 0) is 18.6 Å². The fraction of sp³-hybridized carbons (Fsp3) is 0.429. The fourth-order valence-electron chi connectivity index (χ4n) is 2.44. The number of rotatable bonds is 3. The Morgan fingerprint density at radius 3 is 3.05 bits per heavy atom. The van der Waals surface area contributed by atoms with Crippen molar-refractivity contribution < 1.29 is 4.39 Å². The minimum atomic E-state index is -0.207. The standard InChI is InChI=1S/C14H18FN5/c1-10-9-20(7-6-16-10)14-17-13(18-19-14)8-11-4-2-3-5-12(11)15/h2-5,10,16H,6-9H2,1H3,(H,17,18,19)/t10-/m0/s1. The summed E-state index contributed by atoms with van der Waals surface area (Å²) in [7, 11) is 0. The average molecular weight is 275 g/mol. The van der Waals surface area contributed by atoms with Gasteiger partial charge < -0.3 is 10.2 Å². The smallest absolute Gasteiger partial charge is 0.244 e. The molecule has 0 spiro atoms. The van der Waals surface area contributed by atoms with E-state index in [4.69, 9.17) is 0 Å². The first kappa shape index (κ1) is 13.1. The summed E-state index contributed by atoms with van der Waals surface area (Å²) >= 11 is 0. The van der Waals surface area contributed by atoms with E-state index in [1.807, 2.05) is 6.07 Å². The van der Waals surface area contributed by atoms with Crippen LogP contribution in [0.25, 0.3) is 0 Å². The Kier molecular flexibility index (Phi) is 3.64. The van der Waals surface area contributed by atoms with Crippen LogP contribution in [-0.4, -0.2) is 40.9 Å². The SMILES string of the molecule is C[C@H]1CN(c2n[nH]c(Cc3ccccc3F)n2)CCN1. The molecule has 0 amide bonds. The third-order valence-corrected chi connectivity index (χ3v) is 3.49. The average Bonchev–Trinajstić information content (AvgIpc) is 2.90. The Morgan fingerprint density at radius 2 is 2.25 bits per heavy atom. The molecular weight excluding hydrogens is 257 g/mol. The van der Waals surface area contributed by atoms with Crippen LogP contribution in [0.5, 0.6) is 0 Å². The Morgan fingerprint density at radius 1 is 1.40 bits per heavy atom. The lowest BCUT2D eigenvalue weighted by molar-refractivity contribution is 0.480. The Bertz CT molecular complexity index is 582. The number of benzene rings is 1. The lowest BCUT2D eigenvalue weighted by Crippen LogP contribution is -2.49. The van der Waals surface area contributed by atoms with Gasteiger partial charge in [-0.25, -0.2) is 4.39 Å². The molecule has 0 saturated carbocycles. The first-order chi connectivity index (χ1) is 9.72. The van der Waals surface area contributed by atoms with E-state index in [0.29, 0.717) is 29.8 Å². The third-order valence-electron chi connectivity index (χ3n) is 3.49. The molecule has 6 heteroatoms. The van der Waals surface area contributed by atoms with Crippen LogP contribution in [0.1, 0.15) is 18.3 Å². The first-order valence-electron chi connectivity index (χ1n) is 6.85. The third kappa shape index (κ3) is 2.80. The highest BCUT2D eigenvalue weighted by Crippen LogP contribution is 2.14. The van der Waals surface area contributed by atoms with Crippen LogP contribution in [0.2, 0.25) is 0 Å². The van der Waals surface area contributed by atoms with Gasteiger partial charge in [-0.3, -0.25) is 5.10 Å². The number of anilines is 1. The molecule has 1 aliphatic heterocycles. The molecule has 2 aromatic rings. The van der Waals surface area contributed by atoms with Crippen LogP contribution in [0.4, 0.5) is 10.3 Å². The molecule has 2 heterocycles. The predicted molar refractivity (Wildman–Crippen MR) is 75.3 cm³/mol. The van der Waals surface area contributed by atoms with Crippen LogP contribution < -0.4 is 10.2 Å². The molecule has 1 aliphatic rings. The number of nitrogens with zero attached hydrogens (tertiary/aromatic N) is 3. The number of halogens is 1. The summed E-state index contributed by atoms with van der Waals surface area (Å²) in [6.45, 7) is 4.84. The van der Waals surface area contributed by atoms with Crippen LogP contribution >= 0.6 is 0 Å². The number of piperazine rings is 1. The van der Waals surface area contributed by atoms with Crippen molar-refractivity contribution in [2.24, 2.45) is 0 Å². The van der Waals surface area contributed by atoms with Crippen LogP contribution in [-0.2, 0) is 6.42 Å². The molecule has 5 nitrogen and oxygen atoms in total. The summed E-state index contributed by atoms with van der Waals surface area (Å²) < 4.78 is 13.6. The number of aromatic amines is 1. The van der Waals surface area contributed by atoms with Gasteiger partial charge in [-0.15, -0.1) is 5.10 Å². The van der Waals surface area contributed by atoms with E-state index in [9.17, 15) is 4.39 Å². The summed E-state index contributed by atoms with van der Waals surface area (Å²) in [5.41, 5.74) is 0.629. The Hall–Kier alpha value is -1.95. The van der Waals surface area contributed by atoms with Crippen LogP contribution in [0.3, 0.4) is 0 Å². The molecule has 0 bridgehead atoms. The van der Waals surface area contributed by atoms with Gasteiger partial charge in [0, 0.05) is 32.1 Å². The highest BCUT2D eigenvalue weighted by atomic mass is 19.1. The van der Waals surface area contributed by atoms with E-state index in [1.165, 1.54) is 6.07 Å². The number of hydrogen-bond donors (Lipinski definition) is 2. The second kappa shape index (κ2) is 5.58. The zero-order chi connectivity index (χ0) is 13.9. The molecule has 106 valence electrons. The van der Waals surface area contributed by atoms with Crippen molar-refractivity contribution in [2.45, 2.75) is 19.4 Å². The van der Waals surface area contributed by atoms with Crippen molar-refractivity contribution in [3.63, 3.8) is 0 Å². The summed E-state index contributed by atoms with van der Waals surface area (Å²) in [5.74, 6) is 1.18. The molecule has 1 saturated heterocycles. The summed E-state index contributed by atoms with van der Waals surface area (Å²) in [5, 5.41) is 10.5. The maximum atomic E-state index is 13.6. The molecule has 20 heavy (non-hydrogen) atoms. The van der Waals surface area contributed by atoms with Gasteiger partial charge in [0.25, 0.3) is 0 Å². The second-order valence-corrected chi connectivity index (χ2v) is 5.15. The van der Waals surface area contributed by atoms with Crippen molar-refractivity contribution >= 4 is 5.95 Å². The molecule has 3 rings (SSSR count). The maximum absolute atomic E-state index is 13.6. The van der Waals surface area contributed by atoms with Crippen molar-refractivity contribution in [3.05, 3.63) is 41.5 Å². The molecule has 0 unspecified atom stereocenters. The van der Waals surface area contributed by atoms with Gasteiger partial charge in [0.2, 0.25) is 5.95 Å². The largest absolute Gasteiger partial charge is 0.337 e. The number of H-pyrrole nitrogens is 1. The normalized spacial score (nSPS) is 19.3. The van der Waals surface area contributed by atoms with E-state index in [-0.39, 0.29) is 5.82 Å².